The Morgan fingerprint density at radius 1 is 1.21 bits per heavy atom. The van der Waals surface area contributed by atoms with Crippen molar-refractivity contribution in [2.24, 2.45) is 0 Å². The van der Waals surface area contributed by atoms with Gasteiger partial charge in [-0.25, -0.2) is 0 Å². The number of aryl methyl sites for hydroxylation is 1. The second kappa shape index (κ2) is 4.53. The van der Waals surface area contributed by atoms with Gasteiger partial charge in [-0.3, -0.25) is 4.98 Å². The van der Waals surface area contributed by atoms with E-state index in [1.54, 1.807) is 30.6 Å². The molecule has 0 atom stereocenters. The summed E-state index contributed by atoms with van der Waals surface area (Å²) in [5.74, 6) is 1.14. The van der Waals surface area contributed by atoms with Crippen molar-refractivity contribution in [1.82, 2.24) is 15.1 Å². The van der Waals surface area contributed by atoms with Crippen LogP contribution in [0.15, 0.2) is 47.2 Å². The van der Waals surface area contributed by atoms with E-state index in [9.17, 15) is 5.11 Å². The van der Waals surface area contributed by atoms with Crippen molar-refractivity contribution in [3.05, 3.63) is 48.3 Å². The number of rotatable bonds is 2. The first-order chi connectivity index (χ1) is 9.24. The van der Waals surface area contributed by atoms with E-state index in [-0.39, 0.29) is 5.75 Å². The first-order valence-electron chi connectivity index (χ1n) is 5.78. The van der Waals surface area contributed by atoms with Crippen LogP contribution in [0.25, 0.3) is 22.8 Å². The summed E-state index contributed by atoms with van der Waals surface area (Å²) < 4.78 is 5.26. The zero-order valence-electron chi connectivity index (χ0n) is 10.2. The first kappa shape index (κ1) is 11.4. The monoisotopic (exact) mass is 253 g/mol. The molecule has 0 saturated heterocycles. The van der Waals surface area contributed by atoms with E-state index in [0.717, 1.165) is 16.7 Å². The largest absolute Gasteiger partial charge is 0.508 e. The van der Waals surface area contributed by atoms with Crippen LogP contribution in [-0.4, -0.2) is 20.2 Å². The number of aromatic hydroxyl groups is 1. The van der Waals surface area contributed by atoms with Gasteiger partial charge in [0.15, 0.2) is 0 Å². The van der Waals surface area contributed by atoms with E-state index >= 15 is 0 Å². The Hall–Kier alpha value is -2.69. The molecule has 0 radical (unpaired) electrons. The number of phenolic OH excluding ortho intramolecular Hbond substituents is 1. The number of phenols is 1. The molecule has 5 nitrogen and oxygen atoms in total. The predicted molar refractivity (Wildman–Crippen MR) is 69.4 cm³/mol. The van der Waals surface area contributed by atoms with Crippen molar-refractivity contribution in [1.29, 1.82) is 0 Å². The SMILES string of the molecule is Cc1cc(O)ccc1-c1nc(-c2cccnc2)no1. The van der Waals surface area contributed by atoms with Crippen molar-refractivity contribution in [2.75, 3.05) is 0 Å². The van der Waals surface area contributed by atoms with Crippen LogP contribution in [0, 0.1) is 6.92 Å². The molecule has 2 aromatic heterocycles. The third-order valence-electron chi connectivity index (χ3n) is 2.79. The van der Waals surface area contributed by atoms with E-state index in [1.165, 1.54) is 0 Å². The Morgan fingerprint density at radius 3 is 2.84 bits per heavy atom. The average molecular weight is 253 g/mol. The van der Waals surface area contributed by atoms with Crippen LogP contribution in [0.5, 0.6) is 5.75 Å². The number of nitrogens with zero attached hydrogens (tertiary/aromatic N) is 3. The third-order valence-corrected chi connectivity index (χ3v) is 2.79. The molecule has 0 unspecified atom stereocenters. The Morgan fingerprint density at radius 2 is 2.11 bits per heavy atom. The van der Waals surface area contributed by atoms with Crippen LogP contribution in [0.4, 0.5) is 0 Å². The number of aromatic nitrogens is 3. The molecule has 0 bridgehead atoms. The highest BCUT2D eigenvalue weighted by molar-refractivity contribution is 5.62. The summed E-state index contributed by atoms with van der Waals surface area (Å²) >= 11 is 0. The molecule has 19 heavy (non-hydrogen) atoms. The standard InChI is InChI=1S/C14H11N3O2/c1-9-7-11(18)4-5-12(9)14-16-13(17-19-14)10-3-2-6-15-8-10/h2-8,18H,1H3. The average Bonchev–Trinajstić information content (AvgIpc) is 2.89. The maximum atomic E-state index is 9.39. The number of pyridine rings is 1. The van der Waals surface area contributed by atoms with E-state index in [4.69, 9.17) is 4.52 Å². The van der Waals surface area contributed by atoms with Gasteiger partial charge >= 0.3 is 0 Å². The fourth-order valence-electron chi connectivity index (χ4n) is 1.83. The highest BCUT2D eigenvalue weighted by Gasteiger charge is 2.12. The zero-order valence-corrected chi connectivity index (χ0v) is 10.2. The van der Waals surface area contributed by atoms with Gasteiger partial charge in [-0.05, 0) is 42.8 Å². The highest BCUT2D eigenvalue weighted by Crippen LogP contribution is 2.26. The fraction of sp³-hybridized carbons (Fsp3) is 0.0714. The maximum absolute atomic E-state index is 9.39. The van der Waals surface area contributed by atoms with Gasteiger partial charge in [-0.15, -0.1) is 0 Å². The second-order valence-corrected chi connectivity index (χ2v) is 4.16. The maximum Gasteiger partial charge on any atom is 0.258 e. The molecule has 2 heterocycles. The van der Waals surface area contributed by atoms with E-state index in [2.05, 4.69) is 15.1 Å². The highest BCUT2D eigenvalue weighted by atomic mass is 16.5. The predicted octanol–water partition coefficient (Wildman–Crippen LogP) is 2.81. The minimum atomic E-state index is 0.216. The summed E-state index contributed by atoms with van der Waals surface area (Å²) in [6.45, 7) is 1.88. The lowest BCUT2D eigenvalue weighted by atomic mass is 10.1. The minimum absolute atomic E-state index is 0.216. The topological polar surface area (TPSA) is 72.0 Å². The lowest BCUT2D eigenvalue weighted by molar-refractivity contribution is 0.432. The molecule has 5 heteroatoms. The van der Waals surface area contributed by atoms with Crippen LogP contribution in [0.1, 0.15) is 5.56 Å². The Balaban J connectivity index is 2.02. The van der Waals surface area contributed by atoms with Crippen LogP contribution in [0.3, 0.4) is 0 Å². The number of benzene rings is 1. The van der Waals surface area contributed by atoms with E-state index in [1.807, 2.05) is 19.1 Å². The third kappa shape index (κ3) is 2.18. The molecule has 0 amide bonds. The summed E-state index contributed by atoms with van der Waals surface area (Å²) in [5.41, 5.74) is 2.48. The van der Waals surface area contributed by atoms with Gasteiger partial charge in [0.05, 0.1) is 0 Å². The van der Waals surface area contributed by atoms with Gasteiger partial charge < -0.3 is 9.63 Å². The van der Waals surface area contributed by atoms with Gasteiger partial charge in [-0.2, -0.15) is 4.98 Å². The zero-order chi connectivity index (χ0) is 13.2. The Kier molecular flexibility index (Phi) is 2.72. The van der Waals surface area contributed by atoms with Crippen molar-refractivity contribution in [3.8, 4) is 28.6 Å². The summed E-state index contributed by atoms with van der Waals surface area (Å²) in [7, 11) is 0. The smallest absolute Gasteiger partial charge is 0.258 e. The summed E-state index contributed by atoms with van der Waals surface area (Å²) in [4.78, 5) is 8.36. The van der Waals surface area contributed by atoms with Gasteiger partial charge in [0.25, 0.3) is 5.89 Å². The lowest BCUT2D eigenvalue weighted by Crippen LogP contribution is -1.84. The first-order valence-corrected chi connectivity index (χ1v) is 5.78. The van der Waals surface area contributed by atoms with Crippen molar-refractivity contribution >= 4 is 0 Å². The molecule has 0 aliphatic heterocycles. The van der Waals surface area contributed by atoms with Gasteiger partial charge in [0, 0.05) is 23.5 Å². The summed E-state index contributed by atoms with van der Waals surface area (Å²) in [6.07, 6.45) is 3.37. The number of hydrogen-bond donors (Lipinski definition) is 1. The normalized spacial score (nSPS) is 10.6. The van der Waals surface area contributed by atoms with Gasteiger partial charge in [-0.1, -0.05) is 5.16 Å². The Labute approximate surface area is 109 Å². The molecule has 3 rings (SSSR count). The molecule has 0 spiro atoms. The molecule has 0 fully saturated rings. The number of hydrogen-bond acceptors (Lipinski definition) is 5. The minimum Gasteiger partial charge on any atom is -0.508 e. The Bertz CT molecular complexity index is 708. The lowest BCUT2D eigenvalue weighted by Gasteiger charge is -2.00. The summed E-state index contributed by atoms with van der Waals surface area (Å²) in [5, 5.41) is 13.3. The van der Waals surface area contributed by atoms with Crippen LogP contribution >= 0.6 is 0 Å². The molecule has 0 aliphatic rings. The second-order valence-electron chi connectivity index (χ2n) is 4.16. The molecule has 94 valence electrons. The van der Waals surface area contributed by atoms with Gasteiger partial charge in [0.2, 0.25) is 5.82 Å². The fourth-order valence-corrected chi connectivity index (χ4v) is 1.83. The molecule has 3 aromatic rings. The van der Waals surface area contributed by atoms with Crippen LogP contribution < -0.4 is 0 Å². The molecule has 0 saturated carbocycles. The van der Waals surface area contributed by atoms with Crippen molar-refractivity contribution in [3.63, 3.8) is 0 Å². The van der Waals surface area contributed by atoms with Crippen LogP contribution in [-0.2, 0) is 0 Å². The van der Waals surface area contributed by atoms with Gasteiger partial charge in [0.1, 0.15) is 5.75 Å². The molecule has 1 N–H and O–H groups in total. The van der Waals surface area contributed by atoms with Crippen molar-refractivity contribution < 1.29 is 9.63 Å². The quantitative estimate of drug-likeness (QED) is 0.760. The van der Waals surface area contributed by atoms with E-state index < -0.39 is 0 Å². The molecule has 1 aromatic carbocycles. The van der Waals surface area contributed by atoms with Crippen molar-refractivity contribution in [2.45, 2.75) is 6.92 Å². The summed E-state index contributed by atoms with van der Waals surface area (Å²) in [6, 6.07) is 8.69. The molecule has 0 aliphatic carbocycles. The molecular weight excluding hydrogens is 242 g/mol. The molecular formula is C14H11N3O2. The van der Waals surface area contributed by atoms with Crippen LogP contribution in [0.2, 0.25) is 0 Å². The van der Waals surface area contributed by atoms with E-state index in [0.29, 0.717) is 11.7 Å².